The lowest BCUT2D eigenvalue weighted by Gasteiger charge is -2.23. The predicted octanol–water partition coefficient (Wildman–Crippen LogP) is 4.50. The smallest absolute Gasteiger partial charge is 0.311 e. The van der Waals surface area contributed by atoms with Crippen LogP contribution in [0.1, 0.15) is 30.1 Å². The minimum absolute atomic E-state index is 0.0710. The van der Waals surface area contributed by atoms with Gasteiger partial charge in [0.1, 0.15) is 16.5 Å². The van der Waals surface area contributed by atoms with Crippen LogP contribution in [0.4, 0.5) is 0 Å². The van der Waals surface area contributed by atoms with Gasteiger partial charge in [-0.3, -0.25) is 9.59 Å². The third kappa shape index (κ3) is 5.09. The van der Waals surface area contributed by atoms with Gasteiger partial charge in [-0.2, -0.15) is 0 Å². The van der Waals surface area contributed by atoms with E-state index in [4.69, 9.17) is 9.47 Å². The molecular weight excluding hydrogens is 514 g/mol. The van der Waals surface area contributed by atoms with E-state index in [-0.39, 0.29) is 29.2 Å². The second-order valence-electron chi connectivity index (χ2n) is 8.96. The molecule has 1 atom stereocenters. The summed E-state index contributed by atoms with van der Waals surface area (Å²) >= 11 is 1.43. The van der Waals surface area contributed by atoms with Gasteiger partial charge in [0.2, 0.25) is 5.91 Å². The van der Waals surface area contributed by atoms with Crippen LogP contribution >= 0.6 is 11.3 Å². The zero-order valence-electron chi connectivity index (χ0n) is 20.5. The highest BCUT2D eigenvalue weighted by Gasteiger charge is 2.31. The highest BCUT2D eigenvalue weighted by Crippen LogP contribution is 2.41. The molecule has 1 amide bonds. The number of methoxy groups -OCH3 is 1. The van der Waals surface area contributed by atoms with E-state index in [0.29, 0.717) is 30.0 Å². The monoisotopic (exact) mass is 539 g/mol. The number of carbonyl (C=O) groups is 2. The molecule has 4 aromatic rings. The van der Waals surface area contributed by atoms with E-state index in [1.807, 2.05) is 23.6 Å². The number of nitrogens with one attached hydrogen (secondary N) is 1. The maximum absolute atomic E-state index is 12.3. The molecule has 0 saturated carbocycles. The first kappa shape index (κ1) is 25.0. The van der Waals surface area contributed by atoms with Crippen molar-refractivity contribution in [2.24, 2.45) is 0 Å². The van der Waals surface area contributed by atoms with Crippen LogP contribution in [0.25, 0.3) is 21.6 Å². The molecule has 192 valence electrons. The number of amides is 1. The van der Waals surface area contributed by atoms with Gasteiger partial charge < -0.3 is 19.4 Å². The van der Waals surface area contributed by atoms with E-state index in [9.17, 15) is 18.0 Å². The average Bonchev–Trinajstić information content (AvgIpc) is 3.57. The van der Waals surface area contributed by atoms with Crippen molar-refractivity contribution in [1.82, 2.24) is 14.9 Å². The Morgan fingerprint density at radius 2 is 1.97 bits per heavy atom. The molecule has 0 bridgehead atoms. The van der Waals surface area contributed by atoms with Gasteiger partial charge in [-0.05, 0) is 48.9 Å². The van der Waals surface area contributed by atoms with Gasteiger partial charge in [0.05, 0.1) is 35.9 Å². The number of nitrogens with zero attached hydrogens (tertiary/aromatic N) is 2. The molecular formula is C26H25N3O6S2. The number of carbonyl (C=O) groups excluding carboxylic acids is 2. The van der Waals surface area contributed by atoms with E-state index in [1.165, 1.54) is 30.6 Å². The molecule has 11 heteroatoms. The van der Waals surface area contributed by atoms with Gasteiger partial charge in [0.25, 0.3) is 0 Å². The number of esters is 1. The molecule has 1 unspecified atom stereocenters. The zero-order valence-corrected chi connectivity index (χ0v) is 22.1. The number of thiazole rings is 1. The molecule has 1 aliphatic heterocycles. The van der Waals surface area contributed by atoms with Crippen LogP contribution in [-0.4, -0.2) is 55.6 Å². The van der Waals surface area contributed by atoms with E-state index < -0.39 is 9.84 Å². The summed E-state index contributed by atoms with van der Waals surface area (Å²) in [7, 11) is -0.188. The number of benzene rings is 2. The van der Waals surface area contributed by atoms with Crippen molar-refractivity contribution in [3.05, 3.63) is 59.1 Å². The van der Waals surface area contributed by atoms with Crippen LogP contribution in [0.2, 0.25) is 0 Å². The third-order valence-electron chi connectivity index (χ3n) is 6.42. The van der Waals surface area contributed by atoms with Crippen LogP contribution in [0, 0.1) is 0 Å². The standard InChI is InChI=1S/C26H25N3O6S2/c1-29-22(8-9-24(29)30)19-13-20-15(10-21(28-20)26-27-16(14-36-26)12-25(31)34-2)11-23(19)35-17-4-6-18(7-5-17)37(3,32)33/h4-7,10-11,13-14,22,28H,8-9,12H2,1-3H3. The summed E-state index contributed by atoms with van der Waals surface area (Å²) in [6.07, 6.45) is 2.39. The summed E-state index contributed by atoms with van der Waals surface area (Å²) in [6, 6.07) is 12.0. The summed E-state index contributed by atoms with van der Waals surface area (Å²) in [5.41, 5.74) is 3.15. The topological polar surface area (TPSA) is 119 Å². The first-order chi connectivity index (χ1) is 17.6. The molecule has 5 rings (SSSR count). The van der Waals surface area contributed by atoms with Crippen molar-refractivity contribution >= 4 is 44.0 Å². The fourth-order valence-electron chi connectivity index (χ4n) is 4.42. The van der Waals surface area contributed by atoms with Crippen molar-refractivity contribution in [1.29, 1.82) is 0 Å². The normalized spacial score (nSPS) is 15.9. The van der Waals surface area contributed by atoms with Crippen molar-refractivity contribution in [3.8, 4) is 22.2 Å². The summed E-state index contributed by atoms with van der Waals surface area (Å²) < 4.78 is 34.6. The molecule has 0 aliphatic carbocycles. The number of fused-ring (bicyclic) bond motifs is 1. The number of hydrogen-bond acceptors (Lipinski definition) is 8. The molecule has 0 radical (unpaired) electrons. The second-order valence-corrected chi connectivity index (χ2v) is 11.8. The first-order valence-corrected chi connectivity index (χ1v) is 14.3. The maximum Gasteiger partial charge on any atom is 0.311 e. The number of likely N-dealkylation sites (tertiary alicyclic amines) is 1. The Morgan fingerprint density at radius 1 is 1.22 bits per heavy atom. The van der Waals surface area contributed by atoms with Crippen LogP contribution < -0.4 is 4.74 Å². The summed E-state index contributed by atoms with van der Waals surface area (Å²) in [4.78, 5) is 33.8. The van der Waals surface area contributed by atoms with E-state index in [1.54, 1.807) is 24.1 Å². The minimum atomic E-state index is -3.32. The van der Waals surface area contributed by atoms with Gasteiger partial charge >= 0.3 is 5.97 Å². The van der Waals surface area contributed by atoms with Gasteiger partial charge in [-0.25, -0.2) is 13.4 Å². The largest absolute Gasteiger partial charge is 0.469 e. The lowest BCUT2D eigenvalue weighted by molar-refractivity contribution is -0.139. The van der Waals surface area contributed by atoms with Gasteiger partial charge in [-0.1, -0.05) is 0 Å². The van der Waals surface area contributed by atoms with Crippen molar-refractivity contribution in [2.45, 2.75) is 30.2 Å². The Bertz CT molecular complexity index is 1600. The molecule has 2 aromatic heterocycles. The molecule has 0 spiro atoms. The number of rotatable bonds is 7. The Balaban J connectivity index is 1.53. The molecule has 3 heterocycles. The number of hydrogen-bond donors (Lipinski definition) is 1. The minimum Gasteiger partial charge on any atom is -0.469 e. The molecule has 1 aliphatic rings. The maximum atomic E-state index is 12.3. The molecule has 1 fully saturated rings. The number of aromatic nitrogens is 2. The Morgan fingerprint density at radius 3 is 2.62 bits per heavy atom. The van der Waals surface area contributed by atoms with Crippen LogP contribution in [0.3, 0.4) is 0 Å². The summed E-state index contributed by atoms with van der Waals surface area (Å²) in [6.45, 7) is 0. The second kappa shape index (κ2) is 9.64. The lowest BCUT2D eigenvalue weighted by atomic mass is 10.0. The van der Waals surface area contributed by atoms with Gasteiger partial charge in [-0.15, -0.1) is 11.3 Å². The average molecular weight is 540 g/mol. The quantitative estimate of drug-likeness (QED) is 0.344. The van der Waals surface area contributed by atoms with Crippen LogP contribution in [0.5, 0.6) is 11.5 Å². The Labute approximate surface area is 218 Å². The Hall–Kier alpha value is -3.70. The van der Waals surface area contributed by atoms with Crippen molar-refractivity contribution < 1.29 is 27.5 Å². The molecule has 1 N–H and O–H groups in total. The SMILES string of the molecule is COC(=O)Cc1csc(-c2cc3cc(Oc4ccc(S(C)(=O)=O)cc4)c(C4CCC(=O)N4C)cc3[nH]2)n1. The van der Waals surface area contributed by atoms with Crippen LogP contribution in [0.15, 0.2) is 52.7 Å². The number of aromatic amines is 1. The first-order valence-electron chi connectivity index (χ1n) is 11.5. The van der Waals surface area contributed by atoms with Crippen LogP contribution in [-0.2, 0) is 30.6 Å². The summed E-state index contributed by atoms with van der Waals surface area (Å²) in [5.74, 6) is 0.798. The van der Waals surface area contributed by atoms with E-state index >= 15 is 0 Å². The number of ether oxygens (including phenoxy) is 2. The molecule has 37 heavy (non-hydrogen) atoms. The van der Waals surface area contributed by atoms with Gasteiger partial charge in [0, 0.05) is 41.6 Å². The van der Waals surface area contributed by atoms with Crippen molar-refractivity contribution in [3.63, 3.8) is 0 Å². The molecule has 1 saturated heterocycles. The highest BCUT2D eigenvalue weighted by atomic mass is 32.2. The highest BCUT2D eigenvalue weighted by molar-refractivity contribution is 7.90. The molecule has 9 nitrogen and oxygen atoms in total. The number of H-pyrrole nitrogens is 1. The van der Waals surface area contributed by atoms with E-state index in [0.717, 1.165) is 33.4 Å². The summed E-state index contributed by atoms with van der Waals surface area (Å²) in [5, 5.41) is 3.46. The third-order valence-corrected chi connectivity index (χ3v) is 8.47. The predicted molar refractivity (Wildman–Crippen MR) is 139 cm³/mol. The number of sulfone groups is 1. The van der Waals surface area contributed by atoms with Crippen molar-refractivity contribution in [2.75, 3.05) is 20.4 Å². The Kier molecular flexibility index (Phi) is 6.50. The molecule has 2 aromatic carbocycles. The zero-order chi connectivity index (χ0) is 26.3. The van der Waals surface area contributed by atoms with Gasteiger partial charge in [0.15, 0.2) is 9.84 Å². The lowest BCUT2D eigenvalue weighted by Crippen LogP contribution is -2.22. The van der Waals surface area contributed by atoms with E-state index in [2.05, 4.69) is 9.97 Å². The fraction of sp³-hybridized carbons (Fsp3) is 0.269. The fourth-order valence-corrected chi connectivity index (χ4v) is 5.84.